The molecule has 0 saturated carbocycles. The van der Waals surface area contributed by atoms with Crippen molar-refractivity contribution < 1.29 is 19.0 Å². The highest BCUT2D eigenvalue weighted by Gasteiger charge is 2.13. The van der Waals surface area contributed by atoms with Crippen molar-refractivity contribution in [1.29, 1.82) is 0 Å². The first-order valence-corrected chi connectivity index (χ1v) is 5.71. The zero-order valence-corrected chi connectivity index (χ0v) is 10.8. The van der Waals surface area contributed by atoms with Crippen molar-refractivity contribution >= 4 is 5.91 Å². The minimum Gasteiger partial charge on any atom is -0.481 e. The second kappa shape index (κ2) is 6.35. The van der Waals surface area contributed by atoms with Gasteiger partial charge in [-0.2, -0.15) is 0 Å². The number of ether oxygens (including phenoxy) is 1. The summed E-state index contributed by atoms with van der Waals surface area (Å²) in [5.41, 5.74) is 0.858. The number of hydrogen-bond acceptors (Lipinski definition) is 3. The maximum absolute atomic E-state index is 13.3. The van der Waals surface area contributed by atoms with Gasteiger partial charge in [0.05, 0.1) is 6.10 Å². The standard InChI is InChI=1S/C13H18FNO3/c1-9-4-5-11(14)12(6-9)18-8-13(17)15(3)7-10(2)16/h4-6,10,16H,7-8H2,1-3H3/t10-/m0/s1. The van der Waals surface area contributed by atoms with Crippen LogP contribution < -0.4 is 4.74 Å². The van der Waals surface area contributed by atoms with E-state index < -0.39 is 11.9 Å². The average molecular weight is 255 g/mol. The van der Waals surface area contributed by atoms with Crippen LogP contribution in [0.5, 0.6) is 5.75 Å². The van der Waals surface area contributed by atoms with Crippen molar-refractivity contribution in [2.24, 2.45) is 0 Å². The molecule has 0 aliphatic carbocycles. The second-order valence-electron chi connectivity index (χ2n) is 4.35. The van der Waals surface area contributed by atoms with Gasteiger partial charge in [0.2, 0.25) is 0 Å². The van der Waals surface area contributed by atoms with Crippen molar-refractivity contribution in [2.75, 3.05) is 20.2 Å². The summed E-state index contributed by atoms with van der Waals surface area (Å²) in [6.07, 6.45) is -0.602. The molecule has 1 aromatic carbocycles. The molecule has 0 aromatic heterocycles. The molecule has 18 heavy (non-hydrogen) atoms. The molecule has 1 aromatic rings. The van der Waals surface area contributed by atoms with Gasteiger partial charge in [-0.1, -0.05) is 6.07 Å². The van der Waals surface area contributed by atoms with Crippen molar-refractivity contribution in [3.05, 3.63) is 29.6 Å². The van der Waals surface area contributed by atoms with Crippen LogP contribution >= 0.6 is 0 Å². The number of carbonyl (C=O) groups excluding carboxylic acids is 1. The minimum atomic E-state index is -0.602. The molecule has 100 valence electrons. The van der Waals surface area contributed by atoms with Gasteiger partial charge in [0.25, 0.3) is 5.91 Å². The highest BCUT2D eigenvalue weighted by molar-refractivity contribution is 5.77. The Balaban J connectivity index is 2.54. The van der Waals surface area contributed by atoms with Crippen molar-refractivity contribution in [2.45, 2.75) is 20.0 Å². The normalized spacial score (nSPS) is 12.1. The number of halogens is 1. The fourth-order valence-electron chi connectivity index (χ4n) is 1.47. The third-order valence-corrected chi connectivity index (χ3v) is 2.40. The Morgan fingerprint density at radius 3 is 2.83 bits per heavy atom. The van der Waals surface area contributed by atoms with E-state index in [4.69, 9.17) is 9.84 Å². The Kier molecular flexibility index (Phi) is 5.09. The van der Waals surface area contributed by atoms with Crippen molar-refractivity contribution in [1.82, 2.24) is 4.90 Å². The van der Waals surface area contributed by atoms with Crippen LogP contribution in [0.15, 0.2) is 18.2 Å². The number of hydrogen-bond donors (Lipinski definition) is 1. The molecule has 0 heterocycles. The maximum Gasteiger partial charge on any atom is 0.260 e. The number of rotatable bonds is 5. The molecule has 0 bridgehead atoms. The largest absolute Gasteiger partial charge is 0.481 e. The summed E-state index contributed by atoms with van der Waals surface area (Å²) in [5, 5.41) is 9.14. The van der Waals surface area contributed by atoms with Gasteiger partial charge >= 0.3 is 0 Å². The van der Waals surface area contributed by atoms with E-state index in [9.17, 15) is 9.18 Å². The van der Waals surface area contributed by atoms with Crippen LogP contribution in [0.2, 0.25) is 0 Å². The average Bonchev–Trinajstić information content (AvgIpc) is 2.29. The topological polar surface area (TPSA) is 49.8 Å². The van der Waals surface area contributed by atoms with Crippen LogP contribution in [0, 0.1) is 12.7 Å². The Morgan fingerprint density at radius 1 is 1.56 bits per heavy atom. The van der Waals surface area contributed by atoms with Crippen LogP contribution in [0.25, 0.3) is 0 Å². The highest BCUT2D eigenvalue weighted by atomic mass is 19.1. The molecular weight excluding hydrogens is 237 g/mol. The number of carbonyl (C=O) groups is 1. The Hall–Kier alpha value is -1.62. The zero-order chi connectivity index (χ0) is 13.7. The summed E-state index contributed by atoms with van der Waals surface area (Å²) in [7, 11) is 1.56. The first-order chi connectivity index (χ1) is 8.40. The van der Waals surface area contributed by atoms with Gasteiger partial charge < -0.3 is 14.7 Å². The highest BCUT2D eigenvalue weighted by Crippen LogP contribution is 2.18. The van der Waals surface area contributed by atoms with E-state index in [1.165, 1.54) is 17.0 Å². The lowest BCUT2D eigenvalue weighted by atomic mass is 10.2. The summed E-state index contributed by atoms with van der Waals surface area (Å²) in [5.74, 6) is -0.739. The van der Waals surface area contributed by atoms with E-state index in [0.717, 1.165) is 5.56 Å². The molecule has 0 saturated heterocycles. The van der Waals surface area contributed by atoms with E-state index in [0.29, 0.717) is 0 Å². The smallest absolute Gasteiger partial charge is 0.260 e. The summed E-state index contributed by atoms with van der Waals surface area (Å²) in [4.78, 5) is 13.0. The fraction of sp³-hybridized carbons (Fsp3) is 0.462. The van der Waals surface area contributed by atoms with Crippen LogP contribution in [0.4, 0.5) is 4.39 Å². The monoisotopic (exact) mass is 255 g/mol. The second-order valence-corrected chi connectivity index (χ2v) is 4.35. The summed E-state index contributed by atoms with van der Waals surface area (Å²) in [6, 6.07) is 4.47. The first-order valence-electron chi connectivity index (χ1n) is 5.71. The molecule has 0 fully saturated rings. The predicted octanol–water partition coefficient (Wildman–Crippen LogP) is 1.35. The summed E-state index contributed by atoms with van der Waals surface area (Å²) >= 11 is 0. The molecule has 1 atom stereocenters. The Labute approximate surface area is 106 Å². The fourth-order valence-corrected chi connectivity index (χ4v) is 1.47. The van der Waals surface area contributed by atoms with Gasteiger partial charge in [-0.15, -0.1) is 0 Å². The minimum absolute atomic E-state index is 0.0637. The number of amides is 1. The SMILES string of the molecule is Cc1ccc(F)c(OCC(=O)N(C)C[C@H](C)O)c1. The predicted molar refractivity (Wildman–Crippen MR) is 65.9 cm³/mol. The lowest BCUT2D eigenvalue weighted by molar-refractivity contribution is -0.133. The van der Waals surface area contributed by atoms with Gasteiger partial charge in [-0.25, -0.2) is 4.39 Å². The van der Waals surface area contributed by atoms with Gasteiger partial charge in [0.1, 0.15) is 0 Å². The van der Waals surface area contributed by atoms with E-state index in [1.807, 2.05) is 6.92 Å². The molecule has 0 aliphatic heterocycles. The van der Waals surface area contributed by atoms with Gasteiger partial charge in [0, 0.05) is 13.6 Å². The third-order valence-electron chi connectivity index (χ3n) is 2.40. The van der Waals surface area contributed by atoms with Crippen LogP contribution in [-0.2, 0) is 4.79 Å². The van der Waals surface area contributed by atoms with E-state index in [2.05, 4.69) is 0 Å². The van der Waals surface area contributed by atoms with E-state index >= 15 is 0 Å². The van der Waals surface area contributed by atoms with Crippen molar-refractivity contribution in [3.8, 4) is 5.75 Å². The molecule has 0 unspecified atom stereocenters. The summed E-state index contributed by atoms with van der Waals surface area (Å²) < 4.78 is 18.5. The van der Waals surface area contributed by atoms with Crippen LogP contribution in [0.1, 0.15) is 12.5 Å². The van der Waals surface area contributed by atoms with E-state index in [-0.39, 0.29) is 24.8 Å². The molecule has 0 spiro atoms. The quantitative estimate of drug-likeness (QED) is 0.864. The lowest BCUT2D eigenvalue weighted by Gasteiger charge is -2.19. The number of benzene rings is 1. The first kappa shape index (κ1) is 14.4. The number of nitrogens with zero attached hydrogens (tertiary/aromatic N) is 1. The van der Waals surface area contributed by atoms with Gasteiger partial charge in [0.15, 0.2) is 18.2 Å². The maximum atomic E-state index is 13.3. The molecule has 5 heteroatoms. The lowest BCUT2D eigenvalue weighted by Crippen LogP contribution is -2.36. The number of aliphatic hydroxyl groups is 1. The molecular formula is C13H18FNO3. The summed E-state index contributed by atoms with van der Waals surface area (Å²) in [6.45, 7) is 3.38. The Morgan fingerprint density at radius 2 is 2.22 bits per heavy atom. The van der Waals surface area contributed by atoms with Crippen LogP contribution in [0.3, 0.4) is 0 Å². The Bertz CT molecular complexity index is 421. The molecule has 4 nitrogen and oxygen atoms in total. The molecule has 1 rings (SSSR count). The molecule has 0 aliphatic rings. The molecule has 1 N–H and O–H groups in total. The van der Waals surface area contributed by atoms with Gasteiger partial charge in [-0.05, 0) is 31.5 Å². The van der Waals surface area contributed by atoms with Crippen molar-refractivity contribution in [3.63, 3.8) is 0 Å². The molecule has 1 amide bonds. The number of likely N-dealkylation sites (N-methyl/N-ethyl adjacent to an activating group) is 1. The molecule has 0 radical (unpaired) electrons. The van der Waals surface area contributed by atoms with Crippen LogP contribution in [-0.4, -0.2) is 42.2 Å². The van der Waals surface area contributed by atoms with E-state index in [1.54, 1.807) is 20.0 Å². The third kappa shape index (κ3) is 4.33. The number of aryl methyl sites for hydroxylation is 1. The number of aliphatic hydroxyl groups excluding tert-OH is 1. The zero-order valence-electron chi connectivity index (χ0n) is 10.8. The van der Waals surface area contributed by atoms with Gasteiger partial charge in [-0.3, -0.25) is 4.79 Å².